The van der Waals surface area contributed by atoms with Crippen LogP contribution < -0.4 is 10.2 Å². The molecule has 0 bridgehead atoms. The molecule has 2 atom stereocenters. The Balaban J connectivity index is 1.97. The van der Waals surface area contributed by atoms with E-state index in [-0.39, 0.29) is 5.82 Å². The monoisotopic (exact) mass is 250 g/mol. The zero-order valence-corrected chi connectivity index (χ0v) is 11.3. The second kappa shape index (κ2) is 6.19. The first-order valence-corrected chi connectivity index (χ1v) is 6.84. The summed E-state index contributed by atoms with van der Waals surface area (Å²) >= 11 is 0. The minimum Gasteiger partial charge on any atom is -0.374 e. The summed E-state index contributed by atoms with van der Waals surface area (Å²) in [5.74, 6) is 0.525. The summed E-state index contributed by atoms with van der Waals surface area (Å²) in [4.78, 5) is 2.24. The van der Waals surface area contributed by atoms with E-state index >= 15 is 0 Å². The van der Waals surface area contributed by atoms with Crippen molar-refractivity contribution >= 4 is 5.69 Å². The fourth-order valence-electron chi connectivity index (χ4n) is 2.96. The van der Waals surface area contributed by atoms with E-state index in [1.54, 1.807) is 0 Å². The van der Waals surface area contributed by atoms with Gasteiger partial charge in [-0.1, -0.05) is 12.8 Å². The van der Waals surface area contributed by atoms with Crippen LogP contribution >= 0.6 is 0 Å². The van der Waals surface area contributed by atoms with Crippen molar-refractivity contribution in [2.24, 2.45) is 5.92 Å². The lowest BCUT2D eigenvalue weighted by atomic mass is 9.84. The van der Waals surface area contributed by atoms with Crippen LogP contribution in [0.4, 0.5) is 10.1 Å². The van der Waals surface area contributed by atoms with Crippen molar-refractivity contribution in [3.8, 4) is 0 Å². The summed E-state index contributed by atoms with van der Waals surface area (Å²) in [6.45, 7) is 1.04. The van der Waals surface area contributed by atoms with E-state index in [1.165, 1.54) is 37.8 Å². The van der Waals surface area contributed by atoms with E-state index in [1.807, 2.05) is 12.1 Å². The van der Waals surface area contributed by atoms with Gasteiger partial charge in [-0.05, 0) is 50.1 Å². The van der Waals surface area contributed by atoms with E-state index in [2.05, 4.69) is 24.3 Å². The highest BCUT2D eigenvalue weighted by atomic mass is 19.1. The third-order valence-electron chi connectivity index (χ3n) is 4.06. The molecule has 1 aromatic carbocycles. The lowest BCUT2D eigenvalue weighted by Gasteiger charge is -2.34. The van der Waals surface area contributed by atoms with Gasteiger partial charge in [-0.15, -0.1) is 0 Å². The summed E-state index contributed by atoms with van der Waals surface area (Å²) in [6.07, 6.45) is 5.23. The molecule has 2 nitrogen and oxygen atoms in total. The highest BCUT2D eigenvalue weighted by Crippen LogP contribution is 2.26. The predicted molar refractivity (Wildman–Crippen MR) is 74.5 cm³/mol. The molecule has 3 heteroatoms. The van der Waals surface area contributed by atoms with Gasteiger partial charge in [0.15, 0.2) is 0 Å². The highest BCUT2D eigenvalue weighted by molar-refractivity contribution is 5.45. The van der Waals surface area contributed by atoms with Crippen molar-refractivity contribution < 1.29 is 4.39 Å². The Bertz CT molecular complexity index is 363. The van der Waals surface area contributed by atoms with Gasteiger partial charge >= 0.3 is 0 Å². The number of halogens is 1. The number of benzene rings is 1. The summed E-state index contributed by atoms with van der Waals surface area (Å²) in [6, 6.07) is 7.39. The van der Waals surface area contributed by atoms with Gasteiger partial charge in [0, 0.05) is 25.3 Å². The molecule has 1 N–H and O–H groups in total. The van der Waals surface area contributed by atoms with Crippen molar-refractivity contribution in [1.82, 2.24) is 5.32 Å². The predicted octanol–water partition coefficient (Wildman–Crippen LogP) is 3.04. The van der Waals surface area contributed by atoms with Gasteiger partial charge in [-0.2, -0.15) is 0 Å². The molecule has 0 aliphatic heterocycles. The van der Waals surface area contributed by atoms with Crippen LogP contribution in [-0.2, 0) is 0 Å². The molecule has 18 heavy (non-hydrogen) atoms. The lowest BCUT2D eigenvalue weighted by molar-refractivity contribution is 0.278. The van der Waals surface area contributed by atoms with Gasteiger partial charge in [-0.3, -0.25) is 0 Å². The van der Waals surface area contributed by atoms with Crippen LogP contribution in [0.15, 0.2) is 24.3 Å². The maximum absolute atomic E-state index is 12.9. The maximum atomic E-state index is 12.9. The van der Waals surface area contributed by atoms with Gasteiger partial charge in [0.1, 0.15) is 5.82 Å². The molecule has 1 aromatic rings. The zero-order chi connectivity index (χ0) is 13.0. The summed E-state index contributed by atoms with van der Waals surface area (Å²) in [5, 5.41) is 3.43. The molecular weight excluding hydrogens is 227 g/mol. The summed E-state index contributed by atoms with van der Waals surface area (Å²) < 4.78 is 12.9. The Morgan fingerprint density at radius 3 is 2.56 bits per heavy atom. The van der Waals surface area contributed by atoms with Crippen LogP contribution in [0.1, 0.15) is 25.7 Å². The molecule has 2 unspecified atom stereocenters. The summed E-state index contributed by atoms with van der Waals surface area (Å²) in [5.41, 5.74) is 1.09. The van der Waals surface area contributed by atoms with Crippen molar-refractivity contribution in [1.29, 1.82) is 0 Å². The van der Waals surface area contributed by atoms with Crippen molar-refractivity contribution in [3.05, 3.63) is 30.1 Å². The first-order chi connectivity index (χ1) is 8.70. The van der Waals surface area contributed by atoms with E-state index < -0.39 is 0 Å². The zero-order valence-electron chi connectivity index (χ0n) is 11.3. The molecule has 100 valence electrons. The molecule has 1 aliphatic rings. The standard InChI is InChI=1S/C15H23FN2/c1-17-15-6-4-3-5-12(15)11-18(2)14-9-7-13(16)8-10-14/h7-10,12,15,17H,3-6,11H2,1-2H3. The Hall–Kier alpha value is -1.09. The molecule has 1 fully saturated rings. The van der Waals surface area contributed by atoms with Gasteiger partial charge in [0.25, 0.3) is 0 Å². The first kappa shape index (κ1) is 13.3. The fourth-order valence-corrected chi connectivity index (χ4v) is 2.96. The van der Waals surface area contributed by atoms with Crippen LogP contribution in [0.25, 0.3) is 0 Å². The minimum atomic E-state index is -0.169. The Morgan fingerprint density at radius 2 is 1.89 bits per heavy atom. The van der Waals surface area contributed by atoms with Gasteiger partial charge in [0.05, 0.1) is 0 Å². The molecule has 0 heterocycles. The van der Waals surface area contributed by atoms with Crippen molar-refractivity contribution in [2.45, 2.75) is 31.7 Å². The normalized spacial score (nSPS) is 23.9. The third-order valence-corrected chi connectivity index (χ3v) is 4.06. The third kappa shape index (κ3) is 3.22. The maximum Gasteiger partial charge on any atom is 0.123 e. The van der Waals surface area contributed by atoms with Crippen molar-refractivity contribution in [2.75, 3.05) is 25.5 Å². The quantitative estimate of drug-likeness (QED) is 0.883. The fraction of sp³-hybridized carbons (Fsp3) is 0.600. The smallest absolute Gasteiger partial charge is 0.123 e. The number of nitrogens with zero attached hydrogens (tertiary/aromatic N) is 1. The van der Waals surface area contributed by atoms with Gasteiger partial charge < -0.3 is 10.2 Å². The van der Waals surface area contributed by atoms with E-state index in [4.69, 9.17) is 0 Å². The number of anilines is 1. The topological polar surface area (TPSA) is 15.3 Å². The van der Waals surface area contributed by atoms with Crippen LogP contribution in [-0.4, -0.2) is 26.7 Å². The van der Waals surface area contributed by atoms with Crippen LogP contribution in [0.2, 0.25) is 0 Å². The molecule has 2 rings (SSSR count). The molecule has 0 saturated heterocycles. The average Bonchev–Trinajstić information content (AvgIpc) is 2.40. The van der Waals surface area contributed by atoms with Crippen LogP contribution in [0.5, 0.6) is 0 Å². The van der Waals surface area contributed by atoms with Gasteiger partial charge in [0.2, 0.25) is 0 Å². The van der Waals surface area contributed by atoms with Crippen molar-refractivity contribution in [3.63, 3.8) is 0 Å². The first-order valence-electron chi connectivity index (χ1n) is 6.84. The molecule has 1 saturated carbocycles. The number of nitrogens with one attached hydrogen (secondary N) is 1. The molecule has 1 aliphatic carbocycles. The Kier molecular flexibility index (Phi) is 4.59. The average molecular weight is 250 g/mol. The lowest BCUT2D eigenvalue weighted by Crippen LogP contribution is -2.42. The number of hydrogen-bond donors (Lipinski definition) is 1. The van der Waals surface area contributed by atoms with Gasteiger partial charge in [-0.25, -0.2) is 4.39 Å². The van der Waals surface area contributed by atoms with Crippen LogP contribution in [0, 0.1) is 11.7 Å². The largest absolute Gasteiger partial charge is 0.374 e. The van der Waals surface area contributed by atoms with Crippen LogP contribution in [0.3, 0.4) is 0 Å². The molecule has 0 amide bonds. The van der Waals surface area contributed by atoms with E-state index in [9.17, 15) is 4.39 Å². The highest BCUT2D eigenvalue weighted by Gasteiger charge is 2.24. The molecule has 0 radical (unpaired) electrons. The Labute approximate surface area is 109 Å². The molecule has 0 aromatic heterocycles. The Morgan fingerprint density at radius 1 is 1.22 bits per heavy atom. The number of hydrogen-bond acceptors (Lipinski definition) is 2. The molecule has 0 spiro atoms. The number of rotatable bonds is 4. The SMILES string of the molecule is CNC1CCCCC1CN(C)c1ccc(F)cc1. The second-order valence-corrected chi connectivity index (χ2v) is 5.30. The van der Waals surface area contributed by atoms with E-state index in [0.29, 0.717) is 12.0 Å². The minimum absolute atomic E-state index is 0.169. The molecular formula is C15H23FN2. The van der Waals surface area contributed by atoms with E-state index in [0.717, 1.165) is 12.2 Å². The second-order valence-electron chi connectivity index (χ2n) is 5.30. The summed E-state index contributed by atoms with van der Waals surface area (Å²) in [7, 11) is 4.15.